The molecule has 2 aromatic carbocycles. The summed E-state index contributed by atoms with van der Waals surface area (Å²) < 4.78 is 58.8. The number of carbonyl (C=O) groups excluding carboxylic acids is 1. The highest BCUT2D eigenvalue weighted by Gasteiger charge is 2.17. The van der Waals surface area contributed by atoms with Gasteiger partial charge in [0.25, 0.3) is 10.0 Å². The van der Waals surface area contributed by atoms with Crippen LogP contribution in [0, 0.1) is 0 Å². The van der Waals surface area contributed by atoms with Crippen LogP contribution in [-0.2, 0) is 30.5 Å². The lowest BCUT2D eigenvalue weighted by molar-refractivity contribution is 0.0600. The van der Waals surface area contributed by atoms with E-state index in [1.54, 1.807) is 6.07 Å². The van der Waals surface area contributed by atoms with Crippen LogP contribution in [0.2, 0.25) is 0 Å². The van der Waals surface area contributed by atoms with Gasteiger partial charge in [-0.05, 0) is 48.0 Å². The Hall–Kier alpha value is -3.51. The third-order valence-corrected chi connectivity index (χ3v) is 6.57. The lowest BCUT2D eigenvalue weighted by Gasteiger charge is -2.10. The fraction of sp³-hybridized carbons (Fsp3) is 0.105. The summed E-state index contributed by atoms with van der Waals surface area (Å²) >= 11 is 0. The molecule has 3 rings (SSSR count). The lowest BCUT2D eigenvalue weighted by Crippen LogP contribution is -2.16. The zero-order valence-electron chi connectivity index (χ0n) is 16.2. The first-order valence-corrected chi connectivity index (χ1v) is 11.9. The van der Waals surface area contributed by atoms with Crippen molar-refractivity contribution in [2.45, 2.75) is 10.6 Å². The van der Waals surface area contributed by atoms with Crippen LogP contribution >= 0.6 is 0 Å². The average molecular weight is 463 g/mol. The van der Waals surface area contributed by atoms with Gasteiger partial charge in [0, 0.05) is 18.1 Å². The van der Waals surface area contributed by atoms with Gasteiger partial charge in [0.2, 0.25) is 16.0 Å². The van der Waals surface area contributed by atoms with Gasteiger partial charge in [-0.15, -0.1) is 0 Å². The van der Waals surface area contributed by atoms with Crippen molar-refractivity contribution in [3.05, 3.63) is 78.1 Å². The first-order chi connectivity index (χ1) is 14.7. The van der Waals surface area contributed by atoms with E-state index in [1.807, 2.05) is 0 Å². The molecule has 10 nitrogen and oxygen atoms in total. The smallest absolute Gasteiger partial charge is 0.337 e. The molecule has 3 aromatic rings. The highest BCUT2D eigenvalue weighted by molar-refractivity contribution is 7.92. The predicted octanol–water partition coefficient (Wildman–Crippen LogP) is 2.01. The van der Waals surface area contributed by atoms with Crippen LogP contribution in [0.1, 0.15) is 15.9 Å². The number of esters is 1. The molecular weight excluding hydrogens is 444 g/mol. The molecule has 0 radical (unpaired) electrons. The Bertz CT molecular complexity index is 1260. The van der Waals surface area contributed by atoms with Crippen molar-refractivity contribution in [3.63, 3.8) is 0 Å². The fourth-order valence-corrected chi connectivity index (χ4v) is 4.68. The summed E-state index contributed by atoms with van der Waals surface area (Å²) in [6.45, 7) is 0. The van der Waals surface area contributed by atoms with Gasteiger partial charge >= 0.3 is 5.97 Å². The molecule has 162 valence electrons. The van der Waals surface area contributed by atoms with Crippen molar-refractivity contribution >= 4 is 37.7 Å². The minimum atomic E-state index is -3.93. The summed E-state index contributed by atoms with van der Waals surface area (Å²) in [5.41, 5.74) is 0.968. The van der Waals surface area contributed by atoms with Crippen LogP contribution in [0.3, 0.4) is 0 Å². The molecule has 0 atom stereocenters. The van der Waals surface area contributed by atoms with Crippen molar-refractivity contribution in [1.82, 2.24) is 9.97 Å². The van der Waals surface area contributed by atoms with E-state index in [9.17, 15) is 21.6 Å². The number of carbonyl (C=O) groups is 1. The molecule has 2 N–H and O–H groups in total. The summed E-state index contributed by atoms with van der Waals surface area (Å²) in [5, 5.41) is 0. The molecule has 0 aliphatic heterocycles. The van der Waals surface area contributed by atoms with Crippen LogP contribution in [0.15, 0.2) is 71.9 Å². The summed E-state index contributed by atoms with van der Waals surface area (Å²) in [4.78, 5) is 19.0. The molecule has 1 heterocycles. The van der Waals surface area contributed by atoms with Gasteiger partial charge in [-0.3, -0.25) is 4.72 Å². The summed E-state index contributed by atoms with van der Waals surface area (Å²) in [7, 11) is -6.44. The third-order valence-electron chi connectivity index (χ3n) is 3.96. The Kier molecular flexibility index (Phi) is 6.51. The van der Waals surface area contributed by atoms with Crippen molar-refractivity contribution in [2.75, 3.05) is 16.6 Å². The standard InChI is InChI=1S/C19H18N4O6S2/c1-29-18(24)15-5-3-14(4-6-15)13-30(25,26)22-16-7-9-17(10-8-16)31(27,28)23-19-20-11-2-12-21-19/h2-12,22H,13H2,1H3,(H,20,21,23). The highest BCUT2D eigenvalue weighted by atomic mass is 32.2. The maximum Gasteiger partial charge on any atom is 0.337 e. The molecular formula is C19H18N4O6S2. The Labute approximate surface area is 179 Å². The largest absolute Gasteiger partial charge is 0.465 e. The van der Waals surface area contributed by atoms with Crippen LogP contribution in [0.25, 0.3) is 0 Å². The van der Waals surface area contributed by atoms with E-state index >= 15 is 0 Å². The summed E-state index contributed by atoms with van der Waals surface area (Å²) in [6, 6.07) is 12.7. The van der Waals surface area contributed by atoms with Crippen molar-refractivity contribution in [2.24, 2.45) is 0 Å². The number of benzene rings is 2. The molecule has 31 heavy (non-hydrogen) atoms. The van der Waals surface area contributed by atoms with Gasteiger partial charge in [0.05, 0.1) is 23.3 Å². The van der Waals surface area contributed by atoms with Gasteiger partial charge in [-0.1, -0.05) is 12.1 Å². The van der Waals surface area contributed by atoms with Crippen molar-refractivity contribution in [3.8, 4) is 0 Å². The summed E-state index contributed by atoms with van der Waals surface area (Å²) in [6.07, 6.45) is 2.79. The van der Waals surface area contributed by atoms with Gasteiger partial charge in [-0.2, -0.15) is 0 Å². The zero-order valence-corrected chi connectivity index (χ0v) is 17.9. The number of ether oxygens (including phenoxy) is 1. The number of methoxy groups -OCH3 is 1. The molecule has 0 aliphatic rings. The van der Waals surface area contributed by atoms with Gasteiger partial charge in [-0.25, -0.2) is 36.3 Å². The average Bonchev–Trinajstić information content (AvgIpc) is 2.74. The van der Waals surface area contributed by atoms with E-state index in [4.69, 9.17) is 0 Å². The van der Waals surface area contributed by atoms with E-state index in [0.717, 1.165) is 0 Å². The number of sulfonamides is 2. The van der Waals surface area contributed by atoms with Crippen molar-refractivity contribution < 1.29 is 26.4 Å². The predicted molar refractivity (Wildman–Crippen MR) is 113 cm³/mol. The Morgan fingerprint density at radius 2 is 1.52 bits per heavy atom. The molecule has 0 saturated heterocycles. The zero-order chi connectivity index (χ0) is 22.5. The number of nitrogens with zero attached hydrogens (tertiary/aromatic N) is 2. The number of rotatable bonds is 8. The molecule has 0 bridgehead atoms. The SMILES string of the molecule is COC(=O)c1ccc(CS(=O)(=O)Nc2ccc(S(=O)(=O)Nc3ncccn3)cc2)cc1. The normalized spacial score (nSPS) is 11.5. The molecule has 0 spiro atoms. The maximum atomic E-state index is 12.4. The number of hydrogen-bond donors (Lipinski definition) is 2. The molecule has 0 amide bonds. The maximum absolute atomic E-state index is 12.4. The minimum Gasteiger partial charge on any atom is -0.465 e. The molecule has 0 saturated carbocycles. The number of nitrogens with one attached hydrogen (secondary N) is 2. The lowest BCUT2D eigenvalue weighted by atomic mass is 10.1. The minimum absolute atomic E-state index is 0.0782. The van der Waals surface area contributed by atoms with E-state index in [0.29, 0.717) is 11.1 Å². The van der Waals surface area contributed by atoms with Crippen LogP contribution in [0.4, 0.5) is 11.6 Å². The second-order valence-electron chi connectivity index (χ2n) is 6.25. The van der Waals surface area contributed by atoms with Gasteiger partial charge < -0.3 is 4.74 Å². The van der Waals surface area contributed by atoms with Crippen LogP contribution in [-0.4, -0.2) is 39.9 Å². The second kappa shape index (κ2) is 9.10. The Morgan fingerprint density at radius 1 is 0.903 bits per heavy atom. The van der Waals surface area contributed by atoms with Gasteiger partial charge in [0.15, 0.2) is 0 Å². The molecule has 1 aromatic heterocycles. The molecule has 0 aliphatic carbocycles. The number of hydrogen-bond acceptors (Lipinski definition) is 8. The first kappa shape index (κ1) is 22.2. The van der Waals surface area contributed by atoms with E-state index in [-0.39, 0.29) is 22.3 Å². The topological polar surface area (TPSA) is 144 Å². The number of aromatic nitrogens is 2. The fourth-order valence-electron chi connectivity index (χ4n) is 2.52. The third kappa shape index (κ3) is 5.99. The van der Waals surface area contributed by atoms with Gasteiger partial charge in [0.1, 0.15) is 0 Å². The second-order valence-corrected chi connectivity index (χ2v) is 9.66. The molecule has 0 unspecified atom stereocenters. The van der Waals surface area contributed by atoms with E-state index in [1.165, 1.54) is 68.0 Å². The summed E-state index contributed by atoms with van der Waals surface area (Å²) in [5.74, 6) is -0.928. The van der Waals surface area contributed by atoms with Crippen molar-refractivity contribution in [1.29, 1.82) is 0 Å². The number of anilines is 2. The van der Waals surface area contributed by atoms with Crippen LogP contribution < -0.4 is 9.44 Å². The molecule has 12 heteroatoms. The van der Waals surface area contributed by atoms with Crippen LogP contribution in [0.5, 0.6) is 0 Å². The first-order valence-electron chi connectivity index (χ1n) is 8.76. The monoisotopic (exact) mass is 462 g/mol. The van der Waals surface area contributed by atoms with E-state index < -0.39 is 26.0 Å². The Morgan fingerprint density at radius 3 is 2.10 bits per heavy atom. The highest BCUT2D eigenvalue weighted by Crippen LogP contribution is 2.18. The molecule has 0 fully saturated rings. The quantitative estimate of drug-likeness (QED) is 0.484. The Balaban J connectivity index is 1.67. The van der Waals surface area contributed by atoms with E-state index in [2.05, 4.69) is 24.1 Å².